The minimum absolute atomic E-state index is 0.241. The van der Waals surface area contributed by atoms with Crippen LogP contribution < -0.4 is 11.1 Å². The molecular weight excluding hydrogens is 204 g/mol. The molecule has 1 aromatic rings. The Hall–Kier alpha value is -1.88. The van der Waals surface area contributed by atoms with Gasteiger partial charge in [0.1, 0.15) is 5.75 Å². The molecule has 0 unspecified atom stereocenters. The quantitative estimate of drug-likeness (QED) is 0.514. The highest BCUT2D eigenvalue weighted by atomic mass is 16.3. The standard InChI is InChI=1S/C11H14N4O/c1-7-5-9(16)6-8(2)10(7)15-11(12)13-3-4-14-11/h3-6,15-16H,12H2,1-2H3. The molecular formula is C11H14N4O. The number of nitrogens with two attached hydrogens (primary N) is 1. The lowest BCUT2D eigenvalue weighted by Gasteiger charge is -2.23. The van der Waals surface area contributed by atoms with E-state index in [1.807, 2.05) is 13.8 Å². The first-order valence-corrected chi connectivity index (χ1v) is 4.96. The van der Waals surface area contributed by atoms with E-state index in [0.29, 0.717) is 0 Å². The number of phenolic OH excluding ortho intramolecular Hbond substituents is 1. The zero-order valence-corrected chi connectivity index (χ0v) is 9.23. The van der Waals surface area contributed by atoms with E-state index >= 15 is 0 Å². The van der Waals surface area contributed by atoms with E-state index < -0.39 is 5.91 Å². The van der Waals surface area contributed by atoms with Crippen molar-refractivity contribution >= 4 is 18.1 Å². The van der Waals surface area contributed by atoms with Crippen molar-refractivity contribution in [3.8, 4) is 5.75 Å². The van der Waals surface area contributed by atoms with Gasteiger partial charge in [0.2, 0.25) is 0 Å². The molecule has 5 heteroatoms. The summed E-state index contributed by atoms with van der Waals surface area (Å²) in [5, 5.41) is 12.5. The summed E-state index contributed by atoms with van der Waals surface area (Å²) in [6.45, 7) is 3.78. The molecule has 1 aliphatic heterocycles. The summed E-state index contributed by atoms with van der Waals surface area (Å²) in [5.41, 5.74) is 8.55. The average molecular weight is 218 g/mol. The maximum atomic E-state index is 9.43. The maximum Gasteiger partial charge on any atom is 0.283 e. The molecule has 0 fully saturated rings. The molecule has 1 heterocycles. The SMILES string of the molecule is Cc1cc(O)cc(C)c1NC1(N)N=CC=N1. The van der Waals surface area contributed by atoms with Crippen molar-refractivity contribution in [3.63, 3.8) is 0 Å². The van der Waals surface area contributed by atoms with E-state index in [9.17, 15) is 5.11 Å². The van der Waals surface area contributed by atoms with Crippen LogP contribution in [0.25, 0.3) is 0 Å². The summed E-state index contributed by atoms with van der Waals surface area (Å²) in [7, 11) is 0. The van der Waals surface area contributed by atoms with Gasteiger partial charge in [-0.1, -0.05) is 0 Å². The second kappa shape index (κ2) is 3.61. The molecule has 0 amide bonds. The van der Waals surface area contributed by atoms with E-state index in [1.54, 1.807) is 24.6 Å². The zero-order chi connectivity index (χ0) is 11.8. The van der Waals surface area contributed by atoms with Crippen LogP contribution in [-0.4, -0.2) is 23.4 Å². The van der Waals surface area contributed by atoms with E-state index in [1.165, 1.54) is 0 Å². The van der Waals surface area contributed by atoms with E-state index in [4.69, 9.17) is 5.73 Å². The molecule has 0 atom stereocenters. The van der Waals surface area contributed by atoms with Crippen molar-refractivity contribution in [1.82, 2.24) is 0 Å². The third-order valence-corrected chi connectivity index (χ3v) is 2.44. The molecule has 84 valence electrons. The largest absolute Gasteiger partial charge is 0.508 e. The molecule has 0 spiro atoms. The van der Waals surface area contributed by atoms with Gasteiger partial charge in [-0.2, -0.15) is 0 Å². The lowest BCUT2D eigenvalue weighted by molar-refractivity contribution is 0.474. The van der Waals surface area contributed by atoms with Gasteiger partial charge in [-0.15, -0.1) is 0 Å². The van der Waals surface area contributed by atoms with Gasteiger partial charge in [0.15, 0.2) is 0 Å². The number of nitrogens with one attached hydrogen (secondary N) is 1. The monoisotopic (exact) mass is 218 g/mol. The highest BCUT2D eigenvalue weighted by molar-refractivity contribution is 6.17. The highest BCUT2D eigenvalue weighted by Gasteiger charge is 2.24. The van der Waals surface area contributed by atoms with Gasteiger partial charge in [0.25, 0.3) is 5.91 Å². The molecule has 5 nitrogen and oxygen atoms in total. The van der Waals surface area contributed by atoms with Gasteiger partial charge in [0, 0.05) is 18.1 Å². The Morgan fingerprint density at radius 2 is 1.69 bits per heavy atom. The van der Waals surface area contributed by atoms with E-state index in [2.05, 4.69) is 15.3 Å². The lowest BCUT2D eigenvalue weighted by Crippen LogP contribution is -2.42. The number of rotatable bonds is 2. The Kier molecular flexibility index (Phi) is 2.40. The number of hydrogen-bond donors (Lipinski definition) is 3. The smallest absolute Gasteiger partial charge is 0.283 e. The molecule has 16 heavy (non-hydrogen) atoms. The number of aliphatic imine (C=N–C) groups is 2. The Labute approximate surface area is 93.7 Å². The van der Waals surface area contributed by atoms with Crippen LogP contribution in [0.5, 0.6) is 5.75 Å². The van der Waals surface area contributed by atoms with Crippen LogP contribution >= 0.6 is 0 Å². The first-order valence-electron chi connectivity index (χ1n) is 4.96. The minimum atomic E-state index is -1.12. The average Bonchev–Trinajstić information content (AvgIpc) is 2.59. The predicted octanol–water partition coefficient (Wildman–Crippen LogP) is 1.15. The Balaban J connectivity index is 2.35. The fourth-order valence-electron chi connectivity index (χ4n) is 1.71. The third-order valence-electron chi connectivity index (χ3n) is 2.44. The van der Waals surface area contributed by atoms with Crippen LogP contribution in [0.4, 0.5) is 5.69 Å². The Bertz CT molecular complexity index is 444. The van der Waals surface area contributed by atoms with E-state index in [-0.39, 0.29) is 5.75 Å². The Morgan fingerprint density at radius 3 is 2.19 bits per heavy atom. The van der Waals surface area contributed by atoms with Crippen LogP contribution in [0.15, 0.2) is 22.1 Å². The van der Waals surface area contributed by atoms with Crippen molar-refractivity contribution in [2.45, 2.75) is 19.8 Å². The topological polar surface area (TPSA) is 83.0 Å². The predicted molar refractivity (Wildman–Crippen MR) is 65.1 cm³/mol. The summed E-state index contributed by atoms with van der Waals surface area (Å²) < 4.78 is 0. The van der Waals surface area contributed by atoms with Crippen LogP contribution in [0.3, 0.4) is 0 Å². The summed E-state index contributed by atoms with van der Waals surface area (Å²) >= 11 is 0. The molecule has 1 aromatic carbocycles. The number of benzene rings is 1. The van der Waals surface area contributed by atoms with Crippen LogP contribution in [-0.2, 0) is 0 Å². The lowest BCUT2D eigenvalue weighted by atomic mass is 10.1. The van der Waals surface area contributed by atoms with Gasteiger partial charge in [-0.05, 0) is 37.1 Å². The molecule has 0 saturated heterocycles. The van der Waals surface area contributed by atoms with Gasteiger partial charge < -0.3 is 10.4 Å². The van der Waals surface area contributed by atoms with Crippen LogP contribution in [0, 0.1) is 13.8 Å². The summed E-state index contributed by atoms with van der Waals surface area (Å²) in [4.78, 5) is 8.05. The number of phenols is 1. The number of aryl methyl sites for hydroxylation is 2. The fourth-order valence-corrected chi connectivity index (χ4v) is 1.71. The van der Waals surface area contributed by atoms with E-state index in [0.717, 1.165) is 16.8 Å². The van der Waals surface area contributed by atoms with Crippen molar-refractivity contribution in [2.24, 2.45) is 15.7 Å². The molecule has 1 aliphatic rings. The highest BCUT2D eigenvalue weighted by Crippen LogP contribution is 2.27. The van der Waals surface area contributed by atoms with Crippen molar-refractivity contribution in [3.05, 3.63) is 23.3 Å². The first-order chi connectivity index (χ1) is 7.50. The number of aromatic hydroxyl groups is 1. The maximum absolute atomic E-state index is 9.43. The zero-order valence-electron chi connectivity index (χ0n) is 9.23. The number of nitrogens with zero attached hydrogens (tertiary/aromatic N) is 2. The van der Waals surface area contributed by atoms with Crippen molar-refractivity contribution in [1.29, 1.82) is 0 Å². The number of hydrogen-bond acceptors (Lipinski definition) is 5. The normalized spacial score (nSPS) is 16.7. The fraction of sp³-hybridized carbons (Fsp3) is 0.273. The van der Waals surface area contributed by atoms with Crippen molar-refractivity contribution < 1.29 is 5.11 Å². The first kappa shape index (κ1) is 10.6. The summed E-state index contributed by atoms with van der Waals surface area (Å²) in [5.74, 6) is -0.878. The second-order valence-electron chi connectivity index (χ2n) is 3.86. The Morgan fingerprint density at radius 1 is 1.19 bits per heavy atom. The second-order valence-corrected chi connectivity index (χ2v) is 3.86. The molecule has 4 N–H and O–H groups in total. The minimum Gasteiger partial charge on any atom is -0.508 e. The summed E-state index contributed by atoms with van der Waals surface area (Å²) in [6, 6.07) is 3.34. The van der Waals surface area contributed by atoms with Gasteiger partial charge >= 0.3 is 0 Å². The summed E-state index contributed by atoms with van der Waals surface area (Å²) in [6.07, 6.45) is 3.11. The van der Waals surface area contributed by atoms with Gasteiger partial charge in [0.05, 0.1) is 0 Å². The number of anilines is 1. The van der Waals surface area contributed by atoms with Gasteiger partial charge in [-0.25, -0.2) is 9.98 Å². The van der Waals surface area contributed by atoms with Gasteiger partial charge in [-0.3, -0.25) is 5.73 Å². The van der Waals surface area contributed by atoms with Crippen LogP contribution in [0.1, 0.15) is 11.1 Å². The molecule has 0 bridgehead atoms. The molecule has 0 saturated carbocycles. The van der Waals surface area contributed by atoms with Crippen LogP contribution in [0.2, 0.25) is 0 Å². The third kappa shape index (κ3) is 1.90. The molecule has 0 radical (unpaired) electrons. The molecule has 0 aliphatic carbocycles. The molecule has 2 rings (SSSR count). The van der Waals surface area contributed by atoms with Crippen molar-refractivity contribution in [2.75, 3.05) is 5.32 Å². The molecule has 0 aromatic heterocycles.